The highest BCUT2D eigenvalue weighted by Crippen LogP contribution is 2.57. The molecular formula is C97H64N4Si. The van der Waals surface area contributed by atoms with Crippen LogP contribution in [0, 0.1) is 0 Å². The normalized spacial score (nSPS) is 13.3. The van der Waals surface area contributed by atoms with Crippen molar-refractivity contribution in [2.24, 2.45) is 0 Å². The molecule has 476 valence electrons. The molecule has 1 aliphatic carbocycles. The summed E-state index contributed by atoms with van der Waals surface area (Å²) >= 11 is 0. The molecular weight excluding hydrogens is 1250 g/mol. The van der Waals surface area contributed by atoms with Crippen LogP contribution in [0.2, 0.25) is 0 Å². The number of aromatic nitrogens is 4. The molecule has 5 heteroatoms. The third-order valence-electron chi connectivity index (χ3n) is 22.4. The van der Waals surface area contributed by atoms with Crippen molar-refractivity contribution in [3.05, 3.63) is 411 Å². The summed E-state index contributed by atoms with van der Waals surface area (Å²) in [5.74, 6) is 0. The van der Waals surface area contributed by atoms with Gasteiger partial charge in [0.2, 0.25) is 0 Å². The van der Waals surface area contributed by atoms with Gasteiger partial charge >= 0.3 is 0 Å². The van der Waals surface area contributed by atoms with Crippen molar-refractivity contribution in [1.82, 2.24) is 18.3 Å². The Labute approximate surface area is 591 Å². The van der Waals surface area contributed by atoms with Crippen LogP contribution >= 0.6 is 0 Å². The largest absolute Gasteiger partial charge is 0.309 e. The van der Waals surface area contributed by atoms with E-state index in [0.29, 0.717) is 0 Å². The van der Waals surface area contributed by atoms with Gasteiger partial charge in [-0.2, -0.15) is 0 Å². The van der Waals surface area contributed by atoms with Crippen molar-refractivity contribution in [2.75, 3.05) is 0 Å². The lowest BCUT2D eigenvalue weighted by molar-refractivity contribution is 0.768. The minimum Gasteiger partial charge on any atom is -0.309 e. The van der Waals surface area contributed by atoms with E-state index in [4.69, 9.17) is 0 Å². The molecule has 0 amide bonds. The summed E-state index contributed by atoms with van der Waals surface area (Å²) in [5.41, 5.74) is 24.3. The number of hydrogen-bond donors (Lipinski definition) is 0. The number of benzene rings is 16. The summed E-state index contributed by atoms with van der Waals surface area (Å²) in [6.07, 6.45) is 0. The van der Waals surface area contributed by atoms with Crippen molar-refractivity contribution in [3.63, 3.8) is 0 Å². The molecule has 4 nitrogen and oxygen atoms in total. The highest BCUT2D eigenvalue weighted by molar-refractivity contribution is 7.22. The standard InChI is InChI=1S/C49H32N2.C48H32N2Si/c1-3-15-33(16-4-1)49(34-17-5-2-6-18-34)43-29-27-35(50-45-23-11-7-19-37(45)38-20-8-12-24-46(38)50)31-41(43)42-32-36(28-30-44(42)49)51-47-25-13-9-21-39(47)40-22-10-14-26-48(40)51;1-3-15-35(16-4-1)51(36-17-5-2-6-18-36)47-29-27-33(49-43-23-11-7-19-37(43)38-20-8-12-24-44(38)49)31-41(47)42-32-34(28-30-48(42)51)50-45-25-13-9-21-39(45)40-22-10-14-26-46(40)50/h2*1-32H. The van der Waals surface area contributed by atoms with Gasteiger partial charge in [-0.25, -0.2) is 0 Å². The molecule has 0 saturated carbocycles. The predicted molar refractivity (Wildman–Crippen MR) is 430 cm³/mol. The Morgan fingerprint density at radius 1 is 0.186 bits per heavy atom. The lowest BCUT2D eigenvalue weighted by atomic mass is 9.68. The zero-order chi connectivity index (χ0) is 67.0. The Bertz CT molecular complexity index is 5720. The van der Waals surface area contributed by atoms with Gasteiger partial charge in [0, 0.05) is 65.8 Å². The molecule has 5 heterocycles. The number of fused-ring (bicyclic) bond motifs is 18. The SMILES string of the molecule is c1ccc(C2(c3ccccc3)c3ccc(-n4c5ccccc5c5ccccc54)cc3-c3cc(-n4c5ccccc5c5ccccc54)ccc32)cc1.c1ccc([Si]2(c3ccccc3)c3ccc(-n4c5ccccc5c5ccccc54)cc3-c3cc(-n4c5ccccc5c5ccccc54)ccc32)cc1. The second kappa shape index (κ2) is 22.7. The Morgan fingerprint density at radius 2 is 0.402 bits per heavy atom. The Hall–Kier alpha value is -13.1. The number of rotatable bonds is 8. The number of hydrogen-bond acceptors (Lipinski definition) is 0. The van der Waals surface area contributed by atoms with Crippen LogP contribution in [0.4, 0.5) is 0 Å². The molecule has 0 saturated heterocycles. The van der Waals surface area contributed by atoms with Crippen LogP contribution in [0.3, 0.4) is 0 Å². The third-order valence-corrected chi connectivity index (χ3v) is 27.3. The molecule has 0 N–H and O–H groups in total. The van der Waals surface area contributed by atoms with Gasteiger partial charge in [-0.1, -0.05) is 291 Å². The third kappa shape index (κ3) is 8.25. The lowest BCUT2D eigenvalue weighted by Crippen LogP contribution is -2.72. The molecule has 20 aromatic rings. The van der Waals surface area contributed by atoms with E-state index in [-0.39, 0.29) is 0 Å². The fourth-order valence-corrected chi connectivity index (χ4v) is 23.4. The monoisotopic (exact) mass is 1310 g/mol. The van der Waals surface area contributed by atoms with Crippen LogP contribution in [0.25, 0.3) is 132 Å². The van der Waals surface area contributed by atoms with E-state index in [2.05, 4.69) is 407 Å². The second-order valence-electron chi connectivity index (χ2n) is 27.4. The summed E-state index contributed by atoms with van der Waals surface area (Å²) < 4.78 is 9.78. The molecule has 22 rings (SSSR count). The molecule has 4 aromatic heterocycles. The topological polar surface area (TPSA) is 19.7 Å². The van der Waals surface area contributed by atoms with E-state index < -0.39 is 13.5 Å². The van der Waals surface area contributed by atoms with Gasteiger partial charge in [0.25, 0.3) is 0 Å². The number of nitrogens with zero attached hydrogens (tertiary/aromatic N) is 4. The van der Waals surface area contributed by atoms with E-state index in [0.717, 1.165) is 11.4 Å². The first-order valence-electron chi connectivity index (χ1n) is 35.4. The Balaban J connectivity index is 0.000000133. The van der Waals surface area contributed by atoms with Gasteiger partial charge in [0.1, 0.15) is 0 Å². The Kier molecular flexibility index (Phi) is 12.9. The summed E-state index contributed by atoms with van der Waals surface area (Å²) in [5, 5.41) is 15.9. The highest BCUT2D eigenvalue weighted by atomic mass is 28.3. The first kappa shape index (κ1) is 58.0. The summed E-state index contributed by atoms with van der Waals surface area (Å²) in [4.78, 5) is 0. The Morgan fingerprint density at radius 3 is 0.667 bits per heavy atom. The zero-order valence-corrected chi connectivity index (χ0v) is 56.7. The quantitative estimate of drug-likeness (QED) is 0.135. The van der Waals surface area contributed by atoms with Gasteiger partial charge in [0.05, 0.1) is 49.5 Å². The van der Waals surface area contributed by atoms with Crippen LogP contribution in [-0.4, -0.2) is 26.3 Å². The summed E-state index contributed by atoms with van der Waals surface area (Å²) in [7, 11) is -2.67. The van der Waals surface area contributed by atoms with Crippen molar-refractivity contribution in [3.8, 4) is 45.0 Å². The van der Waals surface area contributed by atoms with Crippen molar-refractivity contribution < 1.29 is 0 Å². The molecule has 1 aliphatic heterocycles. The fraction of sp³-hybridized carbons (Fsp3) is 0.0103. The zero-order valence-electron chi connectivity index (χ0n) is 55.7. The van der Waals surface area contributed by atoms with Crippen LogP contribution in [-0.2, 0) is 5.41 Å². The molecule has 0 bridgehead atoms. The van der Waals surface area contributed by atoms with Crippen LogP contribution in [0.5, 0.6) is 0 Å². The maximum absolute atomic E-state index is 2.67. The van der Waals surface area contributed by atoms with Crippen molar-refractivity contribution in [1.29, 1.82) is 0 Å². The maximum Gasteiger partial charge on any atom is 0.180 e. The number of para-hydroxylation sites is 8. The van der Waals surface area contributed by atoms with Crippen LogP contribution in [0.1, 0.15) is 22.3 Å². The molecule has 2 aliphatic rings. The molecule has 0 unspecified atom stereocenters. The van der Waals surface area contributed by atoms with Crippen LogP contribution in [0.15, 0.2) is 388 Å². The maximum atomic E-state index is 2.48. The second-order valence-corrected chi connectivity index (χ2v) is 31.1. The summed E-state index contributed by atoms with van der Waals surface area (Å²) in [6, 6.07) is 144. The predicted octanol–water partition coefficient (Wildman–Crippen LogP) is 21.5. The van der Waals surface area contributed by atoms with Crippen LogP contribution < -0.4 is 20.7 Å². The minimum atomic E-state index is -2.67. The molecule has 16 aromatic carbocycles. The molecule has 0 atom stereocenters. The smallest absolute Gasteiger partial charge is 0.180 e. The lowest BCUT2D eigenvalue weighted by Gasteiger charge is -2.34. The van der Waals surface area contributed by atoms with E-state index >= 15 is 0 Å². The minimum absolute atomic E-state index is 0.480. The van der Waals surface area contributed by atoms with E-state index in [1.54, 1.807) is 0 Å². The molecule has 0 fully saturated rings. The highest BCUT2D eigenvalue weighted by Gasteiger charge is 2.50. The van der Waals surface area contributed by atoms with Gasteiger partial charge in [-0.05, 0) is 162 Å². The van der Waals surface area contributed by atoms with E-state index in [1.165, 1.54) is 164 Å². The molecule has 0 radical (unpaired) electrons. The van der Waals surface area contributed by atoms with Gasteiger partial charge in [-0.15, -0.1) is 0 Å². The van der Waals surface area contributed by atoms with Gasteiger partial charge < -0.3 is 18.3 Å². The molecule has 0 spiro atoms. The van der Waals surface area contributed by atoms with Gasteiger partial charge in [-0.3, -0.25) is 0 Å². The first-order chi connectivity index (χ1) is 50.6. The fourth-order valence-electron chi connectivity index (χ4n) is 18.3. The van der Waals surface area contributed by atoms with Crippen molar-refractivity contribution >= 4 is 116 Å². The summed E-state index contributed by atoms with van der Waals surface area (Å²) in [6.45, 7) is 0. The van der Waals surface area contributed by atoms with Crippen molar-refractivity contribution in [2.45, 2.75) is 5.41 Å². The van der Waals surface area contributed by atoms with E-state index in [1.807, 2.05) is 0 Å². The molecule has 102 heavy (non-hydrogen) atoms. The van der Waals surface area contributed by atoms with E-state index in [9.17, 15) is 0 Å². The average Bonchev–Trinajstić information content (AvgIpc) is 1.52. The van der Waals surface area contributed by atoms with Gasteiger partial charge in [0.15, 0.2) is 8.07 Å². The first-order valence-corrected chi connectivity index (χ1v) is 37.4. The average molecular weight is 1310 g/mol.